The molecule has 1 heterocycles. The summed E-state index contributed by atoms with van der Waals surface area (Å²) >= 11 is 1.43. The average molecular weight is 499 g/mol. The minimum Gasteiger partial charge on any atom is -0.480 e. The van der Waals surface area contributed by atoms with Crippen molar-refractivity contribution in [2.45, 2.75) is 37.2 Å². The number of alkyl carbamates (subject to hydrolysis) is 1. The fourth-order valence-corrected chi connectivity index (χ4v) is 6.29. The number of amides is 2. The Morgan fingerprint density at radius 3 is 2.23 bits per heavy atom. The van der Waals surface area contributed by atoms with Gasteiger partial charge in [-0.3, -0.25) is 4.79 Å². The second-order valence-corrected chi connectivity index (χ2v) is 10.2. The number of methoxy groups -OCH3 is 1. The maximum Gasteiger partial charge on any atom is 0.407 e. The van der Waals surface area contributed by atoms with Gasteiger partial charge in [0, 0.05) is 18.8 Å². The van der Waals surface area contributed by atoms with Crippen molar-refractivity contribution in [1.82, 2.24) is 10.2 Å². The summed E-state index contributed by atoms with van der Waals surface area (Å²) in [5.41, 5.74) is 4.42. The zero-order chi connectivity index (χ0) is 25.1. The molecule has 2 amide bonds. The minimum absolute atomic E-state index is 0.0472. The van der Waals surface area contributed by atoms with Crippen molar-refractivity contribution in [3.63, 3.8) is 0 Å². The van der Waals surface area contributed by atoms with Gasteiger partial charge in [0.1, 0.15) is 18.7 Å². The van der Waals surface area contributed by atoms with Crippen LogP contribution in [-0.4, -0.2) is 71.5 Å². The Morgan fingerprint density at radius 2 is 1.69 bits per heavy atom. The van der Waals surface area contributed by atoms with Crippen molar-refractivity contribution >= 4 is 29.7 Å². The summed E-state index contributed by atoms with van der Waals surface area (Å²) < 4.78 is 10.8. The first-order valence-corrected chi connectivity index (χ1v) is 12.6. The highest BCUT2D eigenvalue weighted by Crippen LogP contribution is 2.44. The number of nitrogens with zero attached hydrogens (tertiary/aromatic N) is 1. The van der Waals surface area contributed by atoms with Gasteiger partial charge in [0.15, 0.2) is 0 Å². The van der Waals surface area contributed by atoms with Gasteiger partial charge in [0.05, 0.1) is 12.0 Å². The number of aliphatic carboxylic acids is 1. The highest BCUT2D eigenvalue weighted by atomic mass is 32.2. The SMILES string of the molecule is COC[C@H](NC(=O)OCC1c2ccccc2-c2ccccc21)C(=O)N1C(C(=O)O)CSC1C(C)C. The molecule has 186 valence electrons. The molecule has 2 N–H and O–H groups in total. The van der Waals surface area contributed by atoms with Gasteiger partial charge in [-0.1, -0.05) is 62.4 Å². The van der Waals surface area contributed by atoms with Gasteiger partial charge in [-0.15, -0.1) is 11.8 Å². The van der Waals surface area contributed by atoms with Crippen LogP contribution in [-0.2, 0) is 19.1 Å². The molecule has 1 aliphatic heterocycles. The van der Waals surface area contributed by atoms with E-state index in [4.69, 9.17) is 9.47 Å². The molecule has 2 aromatic carbocycles. The molecule has 0 bridgehead atoms. The van der Waals surface area contributed by atoms with E-state index in [1.165, 1.54) is 23.8 Å². The van der Waals surface area contributed by atoms with Crippen molar-refractivity contribution in [3.8, 4) is 11.1 Å². The summed E-state index contributed by atoms with van der Waals surface area (Å²) in [5, 5.41) is 11.9. The number of carboxylic acid groups (broad SMARTS) is 1. The first kappa shape index (κ1) is 25.1. The van der Waals surface area contributed by atoms with Crippen molar-refractivity contribution in [2.24, 2.45) is 5.92 Å². The largest absolute Gasteiger partial charge is 0.480 e. The molecule has 0 saturated carbocycles. The van der Waals surface area contributed by atoms with Crippen molar-refractivity contribution in [2.75, 3.05) is 26.1 Å². The number of carboxylic acids is 1. The molecular formula is C26H30N2O6S. The van der Waals surface area contributed by atoms with E-state index in [0.29, 0.717) is 5.75 Å². The first-order chi connectivity index (χ1) is 16.8. The number of nitrogens with one attached hydrogen (secondary N) is 1. The molecule has 0 radical (unpaired) electrons. The van der Waals surface area contributed by atoms with Gasteiger partial charge in [-0.25, -0.2) is 9.59 Å². The third kappa shape index (κ3) is 5.01. The number of benzene rings is 2. The maximum atomic E-state index is 13.4. The summed E-state index contributed by atoms with van der Waals surface area (Å²) in [5.74, 6) is -1.32. The standard InChI is InChI=1S/C26H30N2O6S/c1-15(2)24-28(22(14-35-24)25(30)31)23(29)21(13-33-3)27-26(32)34-12-20-18-10-6-4-8-16(18)17-9-5-7-11-19(17)20/h4-11,15,20-22,24H,12-14H2,1-3H3,(H,27,32)(H,30,31)/t21-,22?,24?/m0/s1. The van der Waals surface area contributed by atoms with E-state index in [1.807, 2.05) is 50.2 Å². The molecule has 3 atom stereocenters. The Labute approximate surface area is 209 Å². The highest BCUT2D eigenvalue weighted by molar-refractivity contribution is 8.00. The third-order valence-corrected chi connectivity index (χ3v) is 8.03. The van der Waals surface area contributed by atoms with Crippen LogP contribution in [0.15, 0.2) is 48.5 Å². The Bertz CT molecular complexity index is 1060. The molecule has 0 aromatic heterocycles. The predicted molar refractivity (Wildman–Crippen MR) is 133 cm³/mol. The van der Waals surface area contributed by atoms with Crippen LogP contribution < -0.4 is 5.32 Å². The molecule has 2 aliphatic rings. The number of carbonyl (C=O) groups is 3. The number of carbonyl (C=O) groups excluding carboxylic acids is 2. The quantitative estimate of drug-likeness (QED) is 0.573. The van der Waals surface area contributed by atoms with Crippen molar-refractivity contribution in [3.05, 3.63) is 59.7 Å². The Morgan fingerprint density at radius 1 is 1.09 bits per heavy atom. The second kappa shape index (κ2) is 10.7. The van der Waals surface area contributed by atoms with E-state index in [1.54, 1.807) is 0 Å². The fourth-order valence-electron chi connectivity index (χ4n) is 4.81. The van der Waals surface area contributed by atoms with Crippen molar-refractivity contribution < 1.29 is 29.0 Å². The molecule has 1 aliphatic carbocycles. The monoisotopic (exact) mass is 498 g/mol. The molecule has 0 spiro atoms. The molecular weight excluding hydrogens is 468 g/mol. The van der Waals surface area contributed by atoms with Gasteiger partial charge < -0.3 is 24.8 Å². The number of thioether (sulfide) groups is 1. The summed E-state index contributed by atoms with van der Waals surface area (Å²) in [6, 6.07) is 14.0. The molecule has 35 heavy (non-hydrogen) atoms. The number of hydrogen-bond acceptors (Lipinski definition) is 6. The molecule has 2 unspecified atom stereocenters. The van der Waals surface area contributed by atoms with Gasteiger partial charge in [-0.05, 0) is 28.2 Å². The lowest BCUT2D eigenvalue weighted by Gasteiger charge is -2.32. The van der Waals surface area contributed by atoms with Gasteiger partial charge in [-0.2, -0.15) is 0 Å². The summed E-state index contributed by atoms with van der Waals surface area (Å²) in [6.45, 7) is 3.89. The third-order valence-electron chi connectivity index (χ3n) is 6.41. The topological polar surface area (TPSA) is 105 Å². The van der Waals surface area contributed by atoms with Gasteiger partial charge >= 0.3 is 12.1 Å². The van der Waals surface area contributed by atoms with Crippen LogP contribution in [0.1, 0.15) is 30.9 Å². The van der Waals surface area contributed by atoms with Crippen LogP contribution >= 0.6 is 11.8 Å². The van der Waals surface area contributed by atoms with Gasteiger partial charge in [0.2, 0.25) is 5.91 Å². The maximum absolute atomic E-state index is 13.4. The molecule has 4 rings (SSSR count). The molecule has 1 fully saturated rings. The molecule has 9 heteroatoms. The number of rotatable bonds is 8. The number of fused-ring (bicyclic) bond motifs is 3. The normalized spacial score (nSPS) is 19.8. The highest BCUT2D eigenvalue weighted by Gasteiger charge is 2.45. The van der Waals surface area contributed by atoms with Crippen LogP contribution in [0.25, 0.3) is 11.1 Å². The fraction of sp³-hybridized carbons (Fsp3) is 0.423. The lowest BCUT2D eigenvalue weighted by molar-refractivity contribution is -0.151. The van der Waals surface area contributed by atoms with E-state index in [0.717, 1.165) is 22.3 Å². The molecule has 8 nitrogen and oxygen atoms in total. The van der Waals surface area contributed by atoms with Crippen LogP contribution in [0, 0.1) is 5.92 Å². The van der Waals surface area contributed by atoms with E-state index < -0.39 is 30.1 Å². The summed E-state index contributed by atoms with van der Waals surface area (Å²) in [6.07, 6.45) is -0.748. The average Bonchev–Trinajstić information content (AvgIpc) is 3.42. The summed E-state index contributed by atoms with van der Waals surface area (Å²) in [4.78, 5) is 39.3. The second-order valence-electron chi connectivity index (χ2n) is 9.05. The van der Waals surface area contributed by atoms with E-state index >= 15 is 0 Å². The van der Waals surface area contributed by atoms with Crippen LogP contribution in [0.3, 0.4) is 0 Å². The Kier molecular flexibility index (Phi) is 7.66. The lowest BCUT2D eigenvalue weighted by Crippen LogP contribution is -2.56. The molecule has 1 saturated heterocycles. The van der Waals surface area contributed by atoms with Crippen LogP contribution in [0.5, 0.6) is 0 Å². The van der Waals surface area contributed by atoms with Crippen LogP contribution in [0.4, 0.5) is 4.79 Å². The zero-order valence-corrected chi connectivity index (χ0v) is 20.8. The minimum atomic E-state index is -1.06. The smallest absolute Gasteiger partial charge is 0.407 e. The van der Waals surface area contributed by atoms with Crippen LogP contribution in [0.2, 0.25) is 0 Å². The number of hydrogen-bond donors (Lipinski definition) is 2. The Hall–Kier alpha value is -3.04. The van der Waals surface area contributed by atoms with E-state index in [9.17, 15) is 19.5 Å². The Balaban J connectivity index is 1.46. The summed E-state index contributed by atoms with van der Waals surface area (Å²) in [7, 11) is 1.42. The zero-order valence-electron chi connectivity index (χ0n) is 20.0. The van der Waals surface area contributed by atoms with Gasteiger partial charge in [0.25, 0.3) is 0 Å². The molecule has 2 aromatic rings. The van der Waals surface area contributed by atoms with E-state index in [2.05, 4.69) is 17.4 Å². The number of ether oxygens (including phenoxy) is 2. The van der Waals surface area contributed by atoms with Crippen molar-refractivity contribution in [1.29, 1.82) is 0 Å². The first-order valence-electron chi connectivity index (χ1n) is 11.6. The van der Waals surface area contributed by atoms with E-state index in [-0.39, 0.29) is 30.4 Å². The lowest BCUT2D eigenvalue weighted by atomic mass is 9.98. The predicted octanol–water partition coefficient (Wildman–Crippen LogP) is 3.55.